The first kappa shape index (κ1) is 13.5. The van der Waals surface area contributed by atoms with Crippen LogP contribution in [0.3, 0.4) is 0 Å². The van der Waals surface area contributed by atoms with Crippen LogP contribution in [0.25, 0.3) is 0 Å². The number of hydrogen-bond acceptors (Lipinski definition) is 3. The molecule has 1 heterocycles. The minimum Gasteiger partial charge on any atom is -0.366 e. The molecule has 0 radical (unpaired) electrons. The van der Waals surface area contributed by atoms with Gasteiger partial charge in [0.15, 0.2) is 0 Å². The summed E-state index contributed by atoms with van der Waals surface area (Å²) in [5.74, 6) is -0.247. The SMILES string of the molecule is Cc1c(C(CN)N(C)c2cccc(F)c2)cnn1C. The van der Waals surface area contributed by atoms with Crippen LogP contribution < -0.4 is 10.6 Å². The van der Waals surface area contributed by atoms with Crippen LogP contribution in [-0.2, 0) is 7.05 Å². The van der Waals surface area contributed by atoms with Crippen LogP contribution in [0.5, 0.6) is 0 Å². The van der Waals surface area contributed by atoms with E-state index in [0.29, 0.717) is 6.54 Å². The number of aryl methyl sites for hydroxylation is 1. The molecule has 2 rings (SSSR count). The molecule has 0 aliphatic rings. The third-order valence-electron chi connectivity index (χ3n) is 3.54. The minimum atomic E-state index is -0.247. The summed E-state index contributed by atoms with van der Waals surface area (Å²) in [4.78, 5) is 1.98. The van der Waals surface area contributed by atoms with Crippen molar-refractivity contribution in [3.05, 3.63) is 47.5 Å². The quantitative estimate of drug-likeness (QED) is 0.916. The summed E-state index contributed by atoms with van der Waals surface area (Å²) in [6.07, 6.45) is 1.82. The molecule has 2 aromatic rings. The van der Waals surface area contributed by atoms with Crippen LogP contribution in [0.15, 0.2) is 30.5 Å². The van der Waals surface area contributed by atoms with E-state index in [1.54, 1.807) is 6.07 Å². The lowest BCUT2D eigenvalue weighted by atomic mass is 10.1. The molecule has 5 heteroatoms. The molecule has 1 atom stereocenters. The molecule has 1 aromatic carbocycles. The van der Waals surface area contributed by atoms with Crippen LogP contribution in [0.1, 0.15) is 17.3 Å². The second-order valence-electron chi connectivity index (χ2n) is 4.65. The number of likely N-dealkylation sites (N-methyl/N-ethyl adjacent to an activating group) is 1. The number of benzene rings is 1. The molecule has 0 spiro atoms. The highest BCUT2D eigenvalue weighted by molar-refractivity contribution is 5.48. The van der Waals surface area contributed by atoms with Crippen molar-refractivity contribution in [2.24, 2.45) is 12.8 Å². The molecule has 0 aliphatic heterocycles. The first-order chi connectivity index (χ1) is 9.04. The Balaban J connectivity index is 2.34. The standard InChI is InChI=1S/C14H19FN4/c1-10-13(9-17-19(10)3)14(8-16)18(2)12-6-4-5-11(15)7-12/h4-7,9,14H,8,16H2,1-3H3. The van der Waals surface area contributed by atoms with Crippen LogP contribution in [0.4, 0.5) is 10.1 Å². The minimum absolute atomic E-state index is 0.0181. The lowest BCUT2D eigenvalue weighted by molar-refractivity contribution is 0.622. The van der Waals surface area contributed by atoms with Gasteiger partial charge in [-0.2, -0.15) is 5.10 Å². The third kappa shape index (κ3) is 2.61. The van der Waals surface area contributed by atoms with Gasteiger partial charge in [0.05, 0.1) is 12.2 Å². The zero-order chi connectivity index (χ0) is 14.0. The number of nitrogens with zero attached hydrogens (tertiary/aromatic N) is 3. The van der Waals surface area contributed by atoms with Gasteiger partial charge in [0, 0.05) is 37.6 Å². The van der Waals surface area contributed by atoms with E-state index in [2.05, 4.69) is 5.10 Å². The summed E-state index contributed by atoms with van der Waals surface area (Å²) in [5.41, 5.74) is 8.83. The van der Waals surface area contributed by atoms with Gasteiger partial charge in [-0.25, -0.2) is 4.39 Å². The highest BCUT2D eigenvalue weighted by Crippen LogP contribution is 2.26. The summed E-state index contributed by atoms with van der Waals surface area (Å²) < 4.78 is 15.1. The number of anilines is 1. The van der Waals surface area contributed by atoms with E-state index in [4.69, 9.17) is 5.73 Å². The lowest BCUT2D eigenvalue weighted by Crippen LogP contribution is -2.30. The van der Waals surface area contributed by atoms with Crippen molar-refractivity contribution in [2.45, 2.75) is 13.0 Å². The highest BCUT2D eigenvalue weighted by atomic mass is 19.1. The van der Waals surface area contributed by atoms with E-state index in [1.165, 1.54) is 12.1 Å². The molecule has 2 N–H and O–H groups in total. The number of hydrogen-bond donors (Lipinski definition) is 1. The zero-order valence-electron chi connectivity index (χ0n) is 11.5. The van der Waals surface area contributed by atoms with Crippen LogP contribution in [0, 0.1) is 12.7 Å². The van der Waals surface area contributed by atoms with Gasteiger partial charge in [-0.3, -0.25) is 4.68 Å². The Hall–Kier alpha value is -1.88. The summed E-state index contributed by atoms with van der Waals surface area (Å²) in [6, 6.07) is 6.50. The Morgan fingerprint density at radius 2 is 2.21 bits per heavy atom. The lowest BCUT2D eigenvalue weighted by Gasteiger charge is -2.29. The number of halogens is 1. The Bertz CT molecular complexity index is 564. The van der Waals surface area contributed by atoms with E-state index in [1.807, 2.05) is 42.9 Å². The molecule has 102 valence electrons. The van der Waals surface area contributed by atoms with Crippen molar-refractivity contribution in [3.8, 4) is 0 Å². The zero-order valence-corrected chi connectivity index (χ0v) is 11.5. The Kier molecular flexibility index (Phi) is 3.85. The molecule has 0 fully saturated rings. The average Bonchev–Trinajstić information content (AvgIpc) is 2.72. The summed E-state index contributed by atoms with van der Waals surface area (Å²) in [7, 11) is 3.81. The molecular formula is C14H19FN4. The van der Waals surface area contributed by atoms with Crippen molar-refractivity contribution in [1.82, 2.24) is 9.78 Å². The Labute approximate surface area is 112 Å². The van der Waals surface area contributed by atoms with Gasteiger partial charge >= 0.3 is 0 Å². The molecule has 1 unspecified atom stereocenters. The average molecular weight is 262 g/mol. The predicted molar refractivity (Wildman–Crippen MR) is 74.5 cm³/mol. The van der Waals surface area contributed by atoms with Gasteiger partial charge in [-0.1, -0.05) is 6.07 Å². The highest BCUT2D eigenvalue weighted by Gasteiger charge is 2.20. The number of aromatic nitrogens is 2. The third-order valence-corrected chi connectivity index (χ3v) is 3.54. The van der Waals surface area contributed by atoms with E-state index in [9.17, 15) is 4.39 Å². The van der Waals surface area contributed by atoms with E-state index < -0.39 is 0 Å². The fourth-order valence-electron chi connectivity index (χ4n) is 2.21. The van der Waals surface area contributed by atoms with Crippen LogP contribution in [0.2, 0.25) is 0 Å². The number of nitrogens with two attached hydrogens (primary N) is 1. The normalized spacial score (nSPS) is 12.5. The maximum atomic E-state index is 13.3. The van der Waals surface area contributed by atoms with Gasteiger partial charge < -0.3 is 10.6 Å². The fourth-order valence-corrected chi connectivity index (χ4v) is 2.21. The van der Waals surface area contributed by atoms with Crippen molar-refractivity contribution in [2.75, 3.05) is 18.5 Å². The van der Waals surface area contributed by atoms with Gasteiger partial charge in [-0.15, -0.1) is 0 Å². The summed E-state index contributed by atoms with van der Waals surface area (Å²) >= 11 is 0. The second-order valence-corrected chi connectivity index (χ2v) is 4.65. The van der Waals surface area contributed by atoms with E-state index in [0.717, 1.165) is 16.9 Å². The predicted octanol–water partition coefficient (Wildman–Crippen LogP) is 2.00. The van der Waals surface area contributed by atoms with Crippen molar-refractivity contribution in [1.29, 1.82) is 0 Å². The first-order valence-corrected chi connectivity index (χ1v) is 6.21. The number of rotatable bonds is 4. The topological polar surface area (TPSA) is 47.1 Å². The monoisotopic (exact) mass is 262 g/mol. The molecule has 4 nitrogen and oxygen atoms in total. The van der Waals surface area contributed by atoms with Crippen LogP contribution in [-0.4, -0.2) is 23.4 Å². The molecule has 0 amide bonds. The second kappa shape index (κ2) is 5.40. The molecule has 0 bridgehead atoms. The summed E-state index contributed by atoms with van der Waals surface area (Å²) in [5, 5.41) is 4.24. The van der Waals surface area contributed by atoms with Gasteiger partial charge in [-0.05, 0) is 25.1 Å². The molecule has 1 aromatic heterocycles. The maximum absolute atomic E-state index is 13.3. The molecule has 0 saturated heterocycles. The molecule has 0 saturated carbocycles. The van der Waals surface area contributed by atoms with Crippen molar-refractivity contribution >= 4 is 5.69 Å². The van der Waals surface area contributed by atoms with Crippen LogP contribution >= 0.6 is 0 Å². The largest absolute Gasteiger partial charge is 0.366 e. The Morgan fingerprint density at radius 1 is 1.47 bits per heavy atom. The van der Waals surface area contributed by atoms with E-state index >= 15 is 0 Å². The summed E-state index contributed by atoms with van der Waals surface area (Å²) in [6.45, 7) is 2.45. The van der Waals surface area contributed by atoms with Crippen molar-refractivity contribution in [3.63, 3.8) is 0 Å². The van der Waals surface area contributed by atoms with Crippen molar-refractivity contribution < 1.29 is 4.39 Å². The van der Waals surface area contributed by atoms with E-state index in [-0.39, 0.29) is 11.9 Å². The van der Waals surface area contributed by atoms with Gasteiger partial charge in [0.1, 0.15) is 5.82 Å². The van der Waals surface area contributed by atoms with Gasteiger partial charge in [0.25, 0.3) is 0 Å². The maximum Gasteiger partial charge on any atom is 0.125 e. The van der Waals surface area contributed by atoms with Gasteiger partial charge in [0.2, 0.25) is 0 Å². The Morgan fingerprint density at radius 3 is 2.74 bits per heavy atom. The fraction of sp³-hybridized carbons (Fsp3) is 0.357. The molecule has 0 aliphatic carbocycles. The molecular weight excluding hydrogens is 243 g/mol. The molecule has 19 heavy (non-hydrogen) atoms. The smallest absolute Gasteiger partial charge is 0.125 e. The first-order valence-electron chi connectivity index (χ1n) is 6.21.